The predicted octanol–water partition coefficient (Wildman–Crippen LogP) is 2.87. The standard InChI is InChI=1S/C16H13FO4/c1-20-15-9-5-3-7-12(15)16(19)21-10-14(18)11-6-2-4-8-13(11)17/h2-9H,10H2,1H3. The summed E-state index contributed by atoms with van der Waals surface area (Å²) in [6.45, 7) is -0.530. The number of Topliss-reactive ketones (excluding diaryl/α,β-unsaturated/α-hetero) is 1. The maximum absolute atomic E-state index is 13.4. The van der Waals surface area contributed by atoms with Gasteiger partial charge in [0.2, 0.25) is 5.78 Å². The van der Waals surface area contributed by atoms with Gasteiger partial charge < -0.3 is 9.47 Å². The molecular formula is C16H13FO4. The van der Waals surface area contributed by atoms with Crippen molar-refractivity contribution in [1.82, 2.24) is 0 Å². The molecule has 0 N–H and O–H groups in total. The molecule has 0 aromatic heterocycles. The summed E-state index contributed by atoms with van der Waals surface area (Å²) in [6.07, 6.45) is 0. The summed E-state index contributed by atoms with van der Waals surface area (Å²) >= 11 is 0. The topological polar surface area (TPSA) is 52.6 Å². The lowest BCUT2D eigenvalue weighted by Crippen LogP contribution is -2.15. The first-order chi connectivity index (χ1) is 10.1. The average Bonchev–Trinajstić information content (AvgIpc) is 2.52. The number of hydrogen-bond acceptors (Lipinski definition) is 4. The molecule has 2 aromatic carbocycles. The molecule has 4 nitrogen and oxygen atoms in total. The minimum absolute atomic E-state index is 0.106. The van der Waals surface area contributed by atoms with Crippen LogP contribution in [-0.4, -0.2) is 25.5 Å². The van der Waals surface area contributed by atoms with Crippen LogP contribution in [0.15, 0.2) is 48.5 Å². The number of carbonyl (C=O) groups excluding carboxylic acids is 2. The van der Waals surface area contributed by atoms with Gasteiger partial charge in [-0.15, -0.1) is 0 Å². The minimum Gasteiger partial charge on any atom is -0.496 e. The molecule has 0 saturated heterocycles. The third kappa shape index (κ3) is 3.45. The Kier molecular flexibility index (Phi) is 4.66. The molecule has 0 unspecified atom stereocenters. The SMILES string of the molecule is COc1ccccc1C(=O)OCC(=O)c1ccccc1F. The number of ether oxygens (including phenoxy) is 2. The van der Waals surface area contributed by atoms with Gasteiger partial charge in [0.15, 0.2) is 6.61 Å². The second-order valence-electron chi connectivity index (χ2n) is 4.18. The number of para-hydroxylation sites is 1. The number of methoxy groups -OCH3 is 1. The van der Waals surface area contributed by atoms with Crippen molar-refractivity contribution >= 4 is 11.8 Å². The quantitative estimate of drug-likeness (QED) is 0.627. The van der Waals surface area contributed by atoms with E-state index in [1.165, 1.54) is 31.4 Å². The molecule has 0 bridgehead atoms. The van der Waals surface area contributed by atoms with Crippen LogP contribution in [0.25, 0.3) is 0 Å². The van der Waals surface area contributed by atoms with Gasteiger partial charge in [0, 0.05) is 0 Å². The van der Waals surface area contributed by atoms with Crippen molar-refractivity contribution in [3.63, 3.8) is 0 Å². The zero-order valence-electron chi connectivity index (χ0n) is 11.3. The molecule has 0 radical (unpaired) electrons. The number of hydrogen-bond donors (Lipinski definition) is 0. The fourth-order valence-electron chi connectivity index (χ4n) is 1.79. The van der Waals surface area contributed by atoms with Crippen molar-refractivity contribution in [3.05, 3.63) is 65.5 Å². The van der Waals surface area contributed by atoms with Crippen molar-refractivity contribution in [2.45, 2.75) is 0 Å². The highest BCUT2D eigenvalue weighted by Gasteiger charge is 2.17. The molecule has 0 heterocycles. The zero-order chi connectivity index (χ0) is 15.2. The van der Waals surface area contributed by atoms with E-state index in [4.69, 9.17) is 9.47 Å². The third-order valence-electron chi connectivity index (χ3n) is 2.84. The Hall–Kier alpha value is -2.69. The summed E-state index contributed by atoms with van der Waals surface area (Å²) in [5, 5.41) is 0. The fraction of sp³-hybridized carbons (Fsp3) is 0.125. The molecule has 0 aliphatic rings. The van der Waals surface area contributed by atoms with E-state index in [-0.39, 0.29) is 11.1 Å². The van der Waals surface area contributed by atoms with Gasteiger partial charge in [-0.1, -0.05) is 24.3 Å². The second-order valence-corrected chi connectivity index (χ2v) is 4.18. The number of carbonyl (C=O) groups is 2. The van der Waals surface area contributed by atoms with Crippen LogP contribution in [0, 0.1) is 5.82 Å². The maximum atomic E-state index is 13.4. The van der Waals surface area contributed by atoms with E-state index in [9.17, 15) is 14.0 Å². The smallest absolute Gasteiger partial charge is 0.342 e. The summed E-state index contributed by atoms with van der Waals surface area (Å²) < 4.78 is 23.4. The molecular weight excluding hydrogens is 275 g/mol. The lowest BCUT2D eigenvalue weighted by atomic mass is 10.1. The Bertz CT molecular complexity index is 667. The fourth-order valence-corrected chi connectivity index (χ4v) is 1.79. The Morgan fingerprint density at radius 2 is 1.62 bits per heavy atom. The van der Waals surface area contributed by atoms with E-state index < -0.39 is 24.2 Å². The van der Waals surface area contributed by atoms with E-state index in [0.29, 0.717) is 5.75 Å². The number of benzene rings is 2. The molecule has 0 spiro atoms. The summed E-state index contributed by atoms with van der Waals surface area (Å²) in [5.41, 5.74) is 0.103. The van der Waals surface area contributed by atoms with Gasteiger partial charge in [-0.3, -0.25) is 4.79 Å². The van der Waals surface area contributed by atoms with Crippen LogP contribution in [0.4, 0.5) is 4.39 Å². The molecule has 0 aliphatic heterocycles. The number of esters is 1. The lowest BCUT2D eigenvalue weighted by molar-refractivity contribution is 0.0470. The molecule has 0 saturated carbocycles. The van der Waals surface area contributed by atoms with Gasteiger partial charge >= 0.3 is 5.97 Å². The number of ketones is 1. The van der Waals surface area contributed by atoms with Gasteiger partial charge in [0.05, 0.1) is 12.7 Å². The van der Waals surface area contributed by atoms with Crippen LogP contribution in [0.1, 0.15) is 20.7 Å². The van der Waals surface area contributed by atoms with E-state index >= 15 is 0 Å². The molecule has 5 heteroatoms. The van der Waals surface area contributed by atoms with Crippen LogP contribution in [0.2, 0.25) is 0 Å². The first-order valence-corrected chi connectivity index (χ1v) is 6.21. The summed E-state index contributed by atoms with van der Waals surface area (Å²) in [4.78, 5) is 23.7. The van der Waals surface area contributed by atoms with Crippen LogP contribution < -0.4 is 4.74 Å². The monoisotopic (exact) mass is 288 g/mol. The lowest BCUT2D eigenvalue weighted by Gasteiger charge is -2.08. The van der Waals surface area contributed by atoms with E-state index in [1.807, 2.05) is 0 Å². The molecule has 0 amide bonds. The Morgan fingerprint density at radius 1 is 1.00 bits per heavy atom. The normalized spacial score (nSPS) is 10.0. The summed E-state index contributed by atoms with van der Waals surface area (Å²) in [6, 6.07) is 12.0. The Labute approximate surface area is 121 Å². The Morgan fingerprint density at radius 3 is 2.29 bits per heavy atom. The largest absolute Gasteiger partial charge is 0.496 e. The van der Waals surface area contributed by atoms with Gasteiger partial charge in [0.25, 0.3) is 0 Å². The first kappa shape index (κ1) is 14.7. The Balaban J connectivity index is 2.05. The van der Waals surface area contributed by atoms with Gasteiger partial charge in [-0.25, -0.2) is 9.18 Å². The van der Waals surface area contributed by atoms with Crippen LogP contribution in [0.3, 0.4) is 0 Å². The zero-order valence-corrected chi connectivity index (χ0v) is 11.3. The number of halogens is 1. The second kappa shape index (κ2) is 6.65. The molecule has 2 rings (SSSR count). The van der Waals surface area contributed by atoms with Crippen LogP contribution in [-0.2, 0) is 4.74 Å². The summed E-state index contributed by atoms with van der Waals surface area (Å²) in [7, 11) is 1.43. The van der Waals surface area contributed by atoms with Gasteiger partial charge in [-0.05, 0) is 24.3 Å². The highest BCUT2D eigenvalue weighted by Crippen LogP contribution is 2.18. The third-order valence-corrected chi connectivity index (χ3v) is 2.84. The van der Waals surface area contributed by atoms with Crippen molar-refractivity contribution in [3.8, 4) is 5.75 Å². The molecule has 0 atom stereocenters. The van der Waals surface area contributed by atoms with Crippen molar-refractivity contribution in [2.75, 3.05) is 13.7 Å². The first-order valence-electron chi connectivity index (χ1n) is 6.21. The maximum Gasteiger partial charge on any atom is 0.342 e. The van der Waals surface area contributed by atoms with Crippen molar-refractivity contribution in [2.24, 2.45) is 0 Å². The summed E-state index contributed by atoms with van der Waals surface area (Å²) in [5.74, 6) is -1.59. The van der Waals surface area contributed by atoms with Crippen molar-refractivity contribution in [1.29, 1.82) is 0 Å². The van der Waals surface area contributed by atoms with Crippen molar-refractivity contribution < 1.29 is 23.5 Å². The highest BCUT2D eigenvalue weighted by molar-refractivity contribution is 6.00. The molecule has 2 aromatic rings. The highest BCUT2D eigenvalue weighted by atomic mass is 19.1. The minimum atomic E-state index is -0.697. The average molecular weight is 288 g/mol. The molecule has 0 aliphatic carbocycles. The van der Waals surface area contributed by atoms with E-state index in [0.717, 1.165) is 0 Å². The van der Waals surface area contributed by atoms with E-state index in [1.54, 1.807) is 24.3 Å². The number of rotatable bonds is 5. The van der Waals surface area contributed by atoms with Gasteiger partial charge in [-0.2, -0.15) is 0 Å². The van der Waals surface area contributed by atoms with Crippen LogP contribution >= 0.6 is 0 Å². The van der Waals surface area contributed by atoms with E-state index in [2.05, 4.69) is 0 Å². The molecule has 108 valence electrons. The molecule has 0 fully saturated rings. The van der Waals surface area contributed by atoms with Gasteiger partial charge in [0.1, 0.15) is 17.1 Å². The van der Waals surface area contributed by atoms with Crippen LogP contribution in [0.5, 0.6) is 5.75 Å². The predicted molar refractivity (Wildman–Crippen MR) is 74.0 cm³/mol. The molecule has 21 heavy (non-hydrogen) atoms.